The number of aromatic amines is 1. The number of anilines is 1. The number of aliphatic hydroxyl groups excluding tert-OH is 2. The maximum absolute atomic E-state index is 10.5. The Balaban J connectivity index is 1.69. The van der Waals surface area contributed by atoms with Crippen LogP contribution in [0.25, 0.3) is 11.2 Å². The van der Waals surface area contributed by atoms with Crippen LogP contribution < -0.4 is 5.32 Å². The summed E-state index contributed by atoms with van der Waals surface area (Å²) in [7, 11) is 0. The summed E-state index contributed by atoms with van der Waals surface area (Å²) >= 11 is 0. The summed E-state index contributed by atoms with van der Waals surface area (Å²) in [5.74, 6) is 1.48. The van der Waals surface area contributed by atoms with Gasteiger partial charge >= 0.3 is 0 Å². The van der Waals surface area contributed by atoms with Crippen molar-refractivity contribution in [3.63, 3.8) is 0 Å². The maximum atomic E-state index is 10.5. The number of aromatic nitrogens is 7. The topological polar surface area (TPSA) is 147 Å². The van der Waals surface area contributed by atoms with Gasteiger partial charge in [-0.05, 0) is 20.8 Å². The normalized spacial score (nSPS) is 26.1. The fourth-order valence-corrected chi connectivity index (χ4v) is 3.02. The standard InChI is InChI=1S/C15H20N8O3/c1-6(2)19-12-8-14(17-4-16-12)23(5-18-8)15-10(25)9(24)11(26-15)13-20-7(3)21-22-13/h4-6,9-11,15,24-25H,1-3H3,(H,16,17,19)(H,20,21,22)/t9-,10+,11-,15+/m0/s1. The molecule has 1 saturated heterocycles. The third kappa shape index (κ3) is 2.69. The van der Waals surface area contributed by atoms with E-state index in [4.69, 9.17) is 4.74 Å². The van der Waals surface area contributed by atoms with Crippen molar-refractivity contribution < 1.29 is 14.9 Å². The number of nitrogens with one attached hydrogen (secondary N) is 2. The van der Waals surface area contributed by atoms with Crippen molar-refractivity contribution >= 4 is 17.0 Å². The van der Waals surface area contributed by atoms with Crippen LogP contribution in [0.4, 0.5) is 5.82 Å². The minimum absolute atomic E-state index is 0.174. The van der Waals surface area contributed by atoms with Crippen molar-refractivity contribution in [3.05, 3.63) is 24.3 Å². The zero-order chi connectivity index (χ0) is 18.4. The first-order valence-corrected chi connectivity index (χ1v) is 8.30. The lowest BCUT2D eigenvalue weighted by molar-refractivity contribution is -0.0382. The summed E-state index contributed by atoms with van der Waals surface area (Å²) in [6.07, 6.45) is -1.12. The van der Waals surface area contributed by atoms with E-state index >= 15 is 0 Å². The molecule has 11 heteroatoms. The first-order valence-electron chi connectivity index (χ1n) is 8.30. The Labute approximate surface area is 148 Å². The van der Waals surface area contributed by atoms with Crippen LogP contribution in [0.2, 0.25) is 0 Å². The monoisotopic (exact) mass is 360 g/mol. The number of H-pyrrole nitrogens is 1. The number of rotatable bonds is 4. The highest BCUT2D eigenvalue weighted by atomic mass is 16.6. The van der Waals surface area contributed by atoms with Crippen LogP contribution in [0.15, 0.2) is 12.7 Å². The molecule has 0 bridgehead atoms. The van der Waals surface area contributed by atoms with Crippen LogP contribution >= 0.6 is 0 Å². The number of hydrogen-bond donors (Lipinski definition) is 4. The molecular formula is C15H20N8O3. The molecule has 4 N–H and O–H groups in total. The van der Waals surface area contributed by atoms with Crippen LogP contribution in [0, 0.1) is 6.92 Å². The van der Waals surface area contributed by atoms with Gasteiger partial charge in [-0.2, -0.15) is 5.10 Å². The van der Waals surface area contributed by atoms with Crippen LogP contribution in [0.1, 0.15) is 37.8 Å². The van der Waals surface area contributed by atoms with Gasteiger partial charge in [-0.3, -0.25) is 9.67 Å². The number of imidazole rings is 1. The Morgan fingerprint density at radius 3 is 2.73 bits per heavy atom. The van der Waals surface area contributed by atoms with Crippen molar-refractivity contribution in [2.24, 2.45) is 0 Å². The number of hydrogen-bond acceptors (Lipinski definition) is 9. The molecule has 3 aromatic rings. The van der Waals surface area contributed by atoms with E-state index in [-0.39, 0.29) is 6.04 Å². The van der Waals surface area contributed by atoms with Gasteiger partial charge in [-0.1, -0.05) is 0 Å². The Bertz CT molecular complexity index is 923. The van der Waals surface area contributed by atoms with Gasteiger partial charge in [0.15, 0.2) is 29.0 Å². The summed E-state index contributed by atoms with van der Waals surface area (Å²) in [4.78, 5) is 17.0. The number of aliphatic hydroxyl groups is 2. The molecule has 0 unspecified atom stereocenters. The first kappa shape index (κ1) is 16.8. The van der Waals surface area contributed by atoms with Gasteiger partial charge in [-0.15, -0.1) is 0 Å². The summed E-state index contributed by atoms with van der Waals surface area (Å²) in [5.41, 5.74) is 1.05. The second kappa shape index (κ2) is 6.27. The second-order valence-corrected chi connectivity index (χ2v) is 6.54. The lowest BCUT2D eigenvalue weighted by atomic mass is 10.1. The molecular weight excluding hydrogens is 340 g/mol. The predicted molar refractivity (Wildman–Crippen MR) is 90.1 cm³/mol. The molecule has 0 amide bonds. The fourth-order valence-electron chi connectivity index (χ4n) is 3.02. The summed E-state index contributed by atoms with van der Waals surface area (Å²) in [5, 5.41) is 30.8. The zero-order valence-corrected chi connectivity index (χ0v) is 14.5. The van der Waals surface area contributed by atoms with Crippen LogP contribution in [-0.2, 0) is 4.74 Å². The molecule has 1 aliphatic heterocycles. The van der Waals surface area contributed by atoms with Crippen molar-refractivity contribution in [3.8, 4) is 0 Å². The Morgan fingerprint density at radius 2 is 2.04 bits per heavy atom. The van der Waals surface area contributed by atoms with Crippen molar-refractivity contribution in [2.75, 3.05) is 5.32 Å². The average Bonchev–Trinajstić information content (AvgIpc) is 3.27. The molecule has 1 aliphatic rings. The molecule has 11 nitrogen and oxygen atoms in total. The minimum Gasteiger partial charge on any atom is -0.387 e. The number of ether oxygens (including phenoxy) is 1. The van der Waals surface area contributed by atoms with E-state index < -0.39 is 24.5 Å². The van der Waals surface area contributed by atoms with Gasteiger partial charge in [0.1, 0.15) is 30.5 Å². The van der Waals surface area contributed by atoms with E-state index in [1.54, 1.807) is 11.5 Å². The molecule has 0 aromatic carbocycles. The molecule has 4 rings (SSSR count). The maximum Gasteiger partial charge on any atom is 0.167 e. The number of aryl methyl sites for hydroxylation is 1. The Morgan fingerprint density at radius 1 is 1.23 bits per heavy atom. The second-order valence-electron chi connectivity index (χ2n) is 6.54. The van der Waals surface area contributed by atoms with Crippen molar-refractivity contribution in [1.82, 2.24) is 34.7 Å². The number of fused-ring (bicyclic) bond motifs is 1. The highest BCUT2D eigenvalue weighted by Gasteiger charge is 2.46. The smallest absolute Gasteiger partial charge is 0.167 e. The average molecular weight is 360 g/mol. The summed E-state index contributed by atoms with van der Waals surface area (Å²) in [6, 6.07) is 0.174. The van der Waals surface area contributed by atoms with Crippen LogP contribution in [0.5, 0.6) is 0 Å². The molecule has 3 aromatic heterocycles. The molecule has 0 radical (unpaired) electrons. The molecule has 1 fully saturated rings. The molecule has 138 valence electrons. The number of nitrogens with zero attached hydrogens (tertiary/aromatic N) is 6. The lowest BCUT2D eigenvalue weighted by Gasteiger charge is -2.16. The highest BCUT2D eigenvalue weighted by Crippen LogP contribution is 2.38. The van der Waals surface area contributed by atoms with E-state index in [1.165, 1.54) is 12.7 Å². The minimum atomic E-state index is -1.18. The molecule has 4 heterocycles. The van der Waals surface area contributed by atoms with Gasteiger partial charge in [-0.25, -0.2) is 19.9 Å². The van der Waals surface area contributed by atoms with E-state index in [9.17, 15) is 10.2 Å². The van der Waals surface area contributed by atoms with E-state index in [1.807, 2.05) is 13.8 Å². The third-order valence-corrected chi connectivity index (χ3v) is 4.18. The van der Waals surface area contributed by atoms with E-state index in [0.29, 0.717) is 28.6 Å². The molecule has 4 atom stereocenters. The first-order chi connectivity index (χ1) is 12.5. The molecule has 0 spiro atoms. The fraction of sp³-hybridized carbons (Fsp3) is 0.533. The molecule has 0 saturated carbocycles. The Hall–Kier alpha value is -2.63. The van der Waals surface area contributed by atoms with Gasteiger partial charge < -0.3 is 20.3 Å². The SMILES string of the molecule is Cc1n[nH]c([C@H]2O[C@@H](n3cnc4c(NC(C)C)ncnc43)[C@H](O)[C@@H]2O)n1. The third-order valence-electron chi connectivity index (χ3n) is 4.18. The van der Waals surface area contributed by atoms with Crippen LogP contribution in [-0.4, -0.2) is 63.2 Å². The van der Waals surface area contributed by atoms with Crippen LogP contribution in [0.3, 0.4) is 0 Å². The molecule has 0 aliphatic carbocycles. The summed E-state index contributed by atoms with van der Waals surface area (Å²) < 4.78 is 7.45. The summed E-state index contributed by atoms with van der Waals surface area (Å²) in [6.45, 7) is 5.71. The van der Waals surface area contributed by atoms with Gasteiger partial charge in [0.25, 0.3) is 0 Å². The van der Waals surface area contributed by atoms with Gasteiger partial charge in [0, 0.05) is 6.04 Å². The lowest BCUT2D eigenvalue weighted by Crippen LogP contribution is -2.29. The zero-order valence-electron chi connectivity index (χ0n) is 14.5. The predicted octanol–water partition coefficient (Wildman–Crippen LogP) is 0.0650. The largest absolute Gasteiger partial charge is 0.387 e. The van der Waals surface area contributed by atoms with Gasteiger partial charge in [0.2, 0.25) is 0 Å². The van der Waals surface area contributed by atoms with E-state index in [2.05, 4.69) is 35.5 Å². The highest BCUT2D eigenvalue weighted by molar-refractivity contribution is 5.82. The van der Waals surface area contributed by atoms with E-state index in [0.717, 1.165) is 0 Å². The van der Waals surface area contributed by atoms with Crippen molar-refractivity contribution in [2.45, 2.75) is 51.4 Å². The van der Waals surface area contributed by atoms with Crippen molar-refractivity contribution in [1.29, 1.82) is 0 Å². The quantitative estimate of drug-likeness (QED) is 0.507. The molecule has 26 heavy (non-hydrogen) atoms. The Kier molecular flexibility index (Phi) is 4.05. The van der Waals surface area contributed by atoms with Gasteiger partial charge in [0.05, 0.1) is 6.33 Å².